The monoisotopic (exact) mass is 361 g/mol. The molecule has 0 aliphatic heterocycles. The first-order valence-electron chi connectivity index (χ1n) is 7.61. The maximum Gasteiger partial charge on any atom is 0.419 e. The number of anilines is 1. The number of alkyl halides is 3. The van der Waals surface area contributed by atoms with Crippen molar-refractivity contribution in [2.75, 3.05) is 11.9 Å². The smallest absolute Gasteiger partial charge is 0.419 e. The van der Waals surface area contributed by atoms with Gasteiger partial charge < -0.3 is 14.6 Å². The molecule has 0 atom stereocenters. The van der Waals surface area contributed by atoms with Gasteiger partial charge in [-0.25, -0.2) is 4.98 Å². The predicted octanol–water partition coefficient (Wildman–Crippen LogP) is 3.91. The number of hydrogen-bond acceptors (Lipinski definition) is 3. The molecule has 0 unspecified atom stereocenters. The standard InChI is InChI=1S/C18H14F3N3O2/c19-18(20,21)15-3-1-2-4-16(15)26-11-17(25)23-13-5-7-14(8-6-13)24-10-9-22-12-24/h1-10,12H,11H2,(H,23,25). The van der Waals surface area contributed by atoms with Crippen molar-refractivity contribution in [3.05, 3.63) is 72.8 Å². The van der Waals surface area contributed by atoms with Crippen molar-refractivity contribution in [1.82, 2.24) is 9.55 Å². The molecular formula is C18H14F3N3O2. The molecule has 0 bridgehead atoms. The second-order valence-corrected chi connectivity index (χ2v) is 5.35. The number of nitrogens with zero attached hydrogens (tertiary/aromatic N) is 2. The highest BCUT2D eigenvalue weighted by Gasteiger charge is 2.34. The van der Waals surface area contributed by atoms with Crippen LogP contribution in [-0.2, 0) is 11.0 Å². The molecule has 1 N–H and O–H groups in total. The van der Waals surface area contributed by atoms with Crippen LogP contribution in [-0.4, -0.2) is 22.1 Å². The van der Waals surface area contributed by atoms with Gasteiger partial charge in [0.05, 0.1) is 11.9 Å². The van der Waals surface area contributed by atoms with E-state index in [2.05, 4.69) is 10.3 Å². The van der Waals surface area contributed by atoms with E-state index in [1.165, 1.54) is 18.2 Å². The third-order valence-electron chi connectivity index (χ3n) is 3.50. The van der Waals surface area contributed by atoms with Gasteiger partial charge in [-0.3, -0.25) is 4.79 Å². The van der Waals surface area contributed by atoms with E-state index in [4.69, 9.17) is 4.74 Å². The highest BCUT2D eigenvalue weighted by molar-refractivity contribution is 5.91. The minimum atomic E-state index is -4.55. The topological polar surface area (TPSA) is 56.1 Å². The lowest BCUT2D eigenvalue weighted by Gasteiger charge is -2.13. The van der Waals surface area contributed by atoms with Crippen LogP contribution >= 0.6 is 0 Å². The van der Waals surface area contributed by atoms with Crippen molar-refractivity contribution in [2.45, 2.75) is 6.18 Å². The first-order chi connectivity index (χ1) is 12.4. The van der Waals surface area contributed by atoms with E-state index in [1.807, 2.05) is 0 Å². The maximum absolute atomic E-state index is 12.9. The number of nitrogens with one attached hydrogen (secondary N) is 1. The molecule has 0 fully saturated rings. The summed E-state index contributed by atoms with van der Waals surface area (Å²) in [5, 5.41) is 2.57. The lowest BCUT2D eigenvalue weighted by atomic mass is 10.2. The number of rotatable bonds is 5. The van der Waals surface area contributed by atoms with Gasteiger partial charge in [0.1, 0.15) is 5.75 Å². The maximum atomic E-state index is 12.9. The lowest BCUT2D eigenvalue weighted by molar-refractivity contribution is -0.139. The second kappa shape index (κ2) is 7.30. The third kappa shape index (κ3) is 4.21. The molecule has 26 heavy (non-hydrogen) atoms. The van der Waals surface area contributed by atoms with Gasteiger partial charge in [-0.2, -0.15) is 13.2 Å². The van der Waals surface area contributed by atoms with Crippen molar-refractivity contribution >= 4 is 11.6 Å². The number of halogens is 3. The van der Waals surface area contributed by atoms with Crippen LogP contribution in [0, 0.1) is 0 Å². The average molecular weight is 361 g/mol. The fourth-order valence-electron chi connectivity index (χ4n) is 2.30. The SMILES string of the molecule is O=C(COc1ccccc1C(F)(F)F)Nc1ccc(-n2ccnc2)cc1. The Morgan fingerprint density at radius 2 is 1.85 bits per heavy atom. The summed E-state index contributed by atoms with van der Waals surface area (Å²) in [5.74, 6) is -0.942. The van der Waals surface area contributed by atoms with Crippen LogP contribution in [0.5, 0.6) is 5.75 Å². The van der Waals surface area contributed by atoms with Crippen LogP contribution in [0.1, 0.15) is 5.56 Å². The Kier molecular flexibility index (Phi) is 4.92. The van der Waals surface area contributed by atoms with Crippen molar-refractivity contribution < 1.29 is 22.7 Å². The molecule has 0 aliphatic rings. The van der Waals surface area contributed by atoms with Gasteiger partial charge in [0.15, 0.2) is 6.61 Å². The van der Waals surface area contributed by atoms with E-state index >= 15 is 0 Å². The highest BCUT2D eigenvalue weighted by Crippen LogP contribution is 2.35. The van der Waals surface area contributed by atoms with E-state index in [1.54, 1.807) is 47.6 Å². The van der Waals surface area contributed by atoms with E-state index in [9.17, 15) is 18.0 Å². The Balaban J connectivity index is 1.60. The summed E-state index contributed by atoms with van der Waals surface area (Å²) in [5.41, 5.74) is 0.444. The molecule has 2 aromatic carbocycles. The normalized spacial score (nSPS) is 11.2. The average Bonchev–Trinajstić information content (AvgIpc) is 3.15. The highest BCUT2D eigenvalue weighted by atomic mass is 19.4. The number of benzene rings is 2. The molecule has 0 saturated carbocycles. The minimum Gasteiger partial charge on any atom is -0.483 e. The second-order valence-electron chi connectivity index (χ2n) is 5.35. The number of ether oxygens (including phenoxy) is 1. The van der Waals surface area contributed by atoms with Crippen LogP contribution in [0.2, 0.25) is 0 Å². The molecular weight excluding hydrogens is 347 g/mol. The lowest BCUT2D eigenvalue weighted by Crippen LogP contribution is -2.21. The molecule has 3 rings (SSSR count). The summed E-state index contributed by atoms with van der Waals surface area (Å²) in [6.45, 7) is -0.531. The van der Waals surface area contributed by atoms with Crippen LogP contribution in [0.4, 0.5) is 18.9 Å². The van der Waals surface area contributed by atoms with Crippen molar-refractivity contribution in [3.8, 4) is 11.4 Å². The van der Waals surface area contributed by atoms with Gasteiger partial charge in [-0.05, 0) is 36.4 Å². The Bertz CT molecular complexity index is 875. The largest absolute Gasteiger partial charge is 0.483 e. The molecule has 5 nitrogen and oxygen atoms in total. The number of carbonyl (C=O) groups is 1. The van der Waals surface area contributed by atoms with Crippen LogP contribution in [0.3, 0.4) is 0 Å². The van der Waals surface area contributed by atoms with E-state index in [-0.39, 0.29) is 5.75 Å². The van der Waals surface area contributed by atoms with E-state index in [0.717, 1.165) is 11.8 Å². The molecule has 0 saturated heterocycles. The van der Waals surface area contributed by atoms with Crippen molar-refractivity contribution in [1.29, 1.82) is 0 Å². The molecule has 0 radical (unpaired) electrons. The summed E-state index contributed by atoms with van der Waals surface area (Å²) in [4.78, 5) is 15.9. The summed E-state index contributed by atoms with van der Waals surface area (Å²) in [6, 6.07) is 11.7. The Labute approximate surface area is 147 Å². The fourth-order valence-corrected chi connectivity index (χ4v) is 2.30. The first-order valence-corrected chi connectivity index (χ1v) is 7.61. The zero-order chi connectivity index (χ0) is 18.6. The molecule has 3 aromatic rings. The summed E-state index contributed by atoms with van der Waals surface area (Å²) in [7, 11) is 0. The summed E-state index contributed by atoms with van der Waals surface area (Å²) in [6.07, 6.45) is 0.515. The van der Waals surface area contributed by atoms with E-state index in [0.29, 0.717) is 5.69 Å². The van der Waals surface area contributed by atoms with Crippen molar-refractivity contribution in [3.63, 3.8) is 0 Å². The molecule has 1 aromatic heterocycles. The number of aromatic nitrogens is 2. The van der Waals surface area contributed by atoms with Gasteiger partial charge in [-0.15, -0.1) is 0 Å². The molecule has 134 valence electrons. The summed E-state index contributed by atoms with van der Waals surface area (Å²) < 4.78 is 45.5. The molecule has 1 heterocycles. The number of carbonyl (C=O) groups excluding carboxylic acids is 1. The number of amides is 1. The number of para-hydroxylation sites is 1. The zero-order valence-electron chi connectivity index (χ0n) is 13.4. The quantitative estimate of drug-likeness (QED) is 0.750. The van der Waals surface area contributed by atoms with Crippen LogP contribution < -0.4 is 10.1 Å². The van der Waals surface area contributed by atoms with Crippen LogP contribution in [0.25, 0.3) is 5.69 Å². The minimum absolute atomic E-state index is 0.384. The molecule has 8 heteroatoms. The van der Waals surface area contributed by atoms with Gasteiger partial charge >= 0.3 is 6.18 Å². The van der Waals surface area contributed by atoms with Crippen molar-refractivity contribution in [2.24, 2.45) is 0 Å². The van der Waals surface area contributed by atoms with Gasteiger partial charge in [0, 0.05) is 23.8 Å². The van der Waals surface area contributed by atoms with Gasteiger partial charge in [-0.1, -0.05) is 12.1 Å². The molecule has 1 amide bonds. The Morgan fingerprint density at radius 1 is 1.12 bits per heavy atom. The van der Waals surface area contributed by atoms with Gasteiger partial charge in [0.2, 0.25) is 0 Å². The van der Waals surface area contributed by atoms with Crippen LogP contribution in [0.15, 0.2) is 67.3 Å². The number of imidazole rings is 1. The Morgan fingerprint density at radius 3 is 2.50 bits per heavy atom. The molecule has 0 aliphatic carbocycles. The molecule has 0 spiro atoms. The third-order valence-corrected chi connectivity index (χ3v) is 3.50. The van der Waals surface area contributed by atoms with E-state index < -0.39 is 24.3 Å². The number of hydrogen-bond donors (Lipinski definition) is 1. The van der Waals surface area contributed by atoms with Gasteiger partial charge in [0.25, 0.3) is 5.91 Å². The first kappa shape index (κ1) is 17.5. The Hall–Kier alpha value is -3.29. The zero-order valence-corrected chi connectivity index (χ0v) is 13.4. The predicted molar refractivity (Wildman–Crippen MR) is 89.1 cm³/mol. The summed E-state index contributed by atoms with van der Waals surface area (Å²) >= 11 is 0. The fraction of sp³-hybridized carbons (Fsp3) is 0.111.